The number of benzene rings is 1. The van der Waals surface area contributed by atoms with Gasteiger partial charge in [-0.3, -0.25) is 4.90 Å². The first-order chi connectivity index (χ1) is 15.8. The lowest BCUT2D eigenvalue weighted by Gasteiger charge is -2.28. The van der Waals surface area contributed by atoms with E-state index in [4.69, 9.17) is 21.1 Å². The molecule has 0 unspecified atom stereocenters. The summed E-state index contributed by atoms with van der Waals surface area (Å²) in [4.78, 5) is 16.9. The molecule has 0 saturated carbocycles. The lowest BCUT2D eigenvalue weighted by atomic mass is 10.2. The molecule has 1 aromatic carbocycles. The molecular weight excluding hydrogens is 468 g/mol. The van der Waals surface area contributed by atoms with Gasteiger partial charge in [0.25, 0.3) is 0 Å². The third kappa shape index (κ3) is 5.03. The van der Waals surface area contributed by atoms with Gasteiger partial charge in [0, 0.05) is 32.2 Å². The Morgan fingerprint density at radius 2 is 1.97 bits per heavy atom. The molecular formula is C22H29ClN4O5S. The minimum atomic E-state index is -3.75. The number of hydrogen-bond donors (Lipinski definition) is 0. The van der Waals surface area contributed by atoms with E-state index in [1.165, 1.54) is 13.2 Å². The van der Waals surface area contributed by atoms with Gasteiger partial charge in [-0.1, -0.05) is 23.7 Å². The standard InChI is InChI=1S/C22H29ClN4O5S/c1-16-13-21(27(24-16)8-7-25-9-11-32-12-10-25)26-15-17(14-19(26)22(28)31-2)33(29,30)20-6-4-3-5-18(20)23/h3-6,13,17,19H,7-12,14-15H2,1-2H3/t17-,19+/m1/s1. The topological polar surface area (TPSA) is 94.0 Å². The molecule has 33 heavy (non-hydrogen) atoms. The zero-order valence-corrected chi connectivity index (χ0v) is 20.4. The second kappa shape index (κ2) is 10.0. The lowest BCUT2D eigenvalue weighted by molar-refractivity contribution is -0.141. The van der Waals surface area contributed by atoms with Gasteiger partial charge < -0.3 is 14.4 Å². The zero-order valence-electron chi connectivity index (χ0n) is 18.8. The van der Waals surface area contributed by atoms with Gasteiger partial charge >= 0.3 is 5.97 Å². The van der Waals surface area contributed by atoms with Gasteiger partial charge in [0.05, 0.1) is 47.7 Å². The number of sulfone groups is 1. The minimum Gasteiger partial charge on any atom is -0.467 e. The first-order valence-corrected chi connectivity index (χ1v) is 12.9. The number of aryl methyl sites for hydroxylation is 1. The van der Waals surface area contributed by atoms with Crippen molar-refractivity contribution in [3.05, 3.63) is 41.0 Å². The summed E-state index contributed by atoms with van der Waals surface area (Å²) < 4.78 is 39.1. The highest BCUT2D eigenvalue weighted by molar-refractivity contribution is 7.92. The van der Waals surface area contributed by atoms with E-state index in [0.717, 1.165) is 25.3 Å². The summed E-state index contributed by atoms with van der Waals surface area (Å²) >= 11 is 6.20. The number of aromatic nitrogens is 2. The Bertz CT molecular complexity index is 1100. The van der Waals surface area contributed by atoms with Crippen LogP contribution in [-0.2, 0) is 30.7 Å². The number of ether oxygens (including phenoxy) is 2. The maximum absolute atomic E-state index is 13.4. The molecule has 2 aromatic rings. The number of nitrogens with zero attached hydrogens (tertiary/aromatic N) is 4. The smallest absolute Gasteiger partial charge is 0.328 e. The van der Waals surface area contributed by atoms with Crippen LogP contribution in [0.1, 0.15) is 12.1 Å². The van der Waals surface area contributed by atoms with Gasteiger partial charge in [-0.2, -0.15) is 5.10 Å². The number of anilines is 1. The van der Waals surface area contributed by atoms with Gasteiger partial charge in [-0.05, 0) is 25.5 Å². The maximum Gasteiger partial charge on any atom is 0.328 e. The number of carbonyl (C=O) groups is 1. The van der Waals surface area contributed by atoms with Crippen LogP contribution in [0.4, 0.5) is 5.82 Å². The molecule has 2 atom stereocenters. The molecule has 0 spiro atoms. The fourth-order valence-corrected chi connectivity index (χ4v) is 6.70. The van der Waals surface area contributed by atoms with Crippen molar-refractivity contribution in [3.63, 3.8) is 0 Å². The Morgan fingerprint density at radius 3 is 2.67 bits per heavy atom. The number of carbonyl (C=O) groups excluding carboxylic acids is 1. The molecule has 180 valence electrons. The quantitative estimate of drug-likeness (QED) is 0.535. The van der Waals surface area contributed by atoms with E-state index in [2.05, 4.69) is 10.00 Å². The van der Waals surface area contributed by atoms with E-state index in [-0.39, 0.29) is 22.9 Å². The number of rotatable bonds is 7. The molecule has 9 nitrogen and oxygen atoms in total. The summed E-state index contributed by atoms with van der Waals surface area (Å²) in [6.45, 7) is 6.59. The summed E-state index contributed by atoms with van der Waals surface area (Å²) in [7, 11) is -2.44. The average Bonchev–Trinajstić information content (AvgIpc) is 3.42. The molecule has 4 rings (SSSR count). The molecule has 0 aliphatic carbocycles. The predicted molar refractivity (Wildman–Crippen MR) is 124 cm³/mol. The van der Waals surface area contributed by atoms with E-state index in [1.54, 1.807) is 18.2 Å². The van der Waals surface area contributed by atoms with Gasteiger partial charge in [0.15, 0.2) is 9.84 Å². The van der Waals surface area contributed by atoms with Crippen molar-refractivity contribution < 1.29 is 22.7 Å². The van der Waals surface area contributed by atoms with E-state index < -0.39 is 27.1 Å². The minimum absolute atomic E-state index is 0.0825. The van der Waals surface area contributed by atoms with Gasteiger partial charge in [0.1, 0.15) is 11.9 Å². The largest absolute Gasteiger partial charge is 0.467 e. The first-order valence-electron chi connectivity index (χ1n) is 11.0. The Hall–Kier alpha value is -2.14. The van der Waals surface area contributed by atoms with Gasteiger partial charge in [-0.15, -0.1) is 0 Å². The SMILES string of the molecule is COC(=O)[C@@H]1C[C@@H](S(=O)(=O)c2ccccc2Cl)CN1c1cc(C)nn1CCN1CCOCC1. The van der Waals surface area contributed by atoms with Gasteiger partial charge in [-0.25, -0.2) is 17.9 Å². The molecule has 11 heteroatoms. The van der Waals surface area contributed by atoms with Crippen LogP contribution in [0.2, 0.25) is 5.02 Å². The number of esters is 1. The van der Waals surface area contributed by atoms with Crippen LogP contribution in [0, 0.1) is 6.92 Å². The van der Waals surface area contributed by atoms with E-state index in [0.29, 0.717) is 25.6 Å². The molecule has 1 aromatic heterocycles. The maximum atomic E-state index is 13.4. The molecule has 0 N–H and O–H groups in total. The first kappa shape index (κ1) is 24.0. The van der Waals surface area contributed by atoms with Crippen LogP contribution in [0.5, 0.6) is 0 Å². The van der Waals surface area contributed by atoms with Crippen LogP contribution >= 0.6 is 11.6 Å². The van der Waals surface area contributed by atoms with Crippen molar-refractivity contribution in [3.8, 4) is 0 Å². The van der Waals surface area contributed by atoms with Gasteiger partial charge in [0.2, 0.25) is 0 Å². The van der Waals surface area contributed by atoms with Crippen LogP contribution in [-0.4, -0.2) is 86.9 Å². The summed E-state index contributed by atoms with van der Waals surface area (Å²) in [5.41, 5.74) is 0.799. The predicted octanol–water partition coefficient (Wildman–Crippen LogP) is 1.77. The molecule has 2 saturated heterocycles. The van der Waals surface area contributed by atoms with Crippen molar-refractivity contribution in [1.29, 1.82) is 0 Å². The highest BCUT2D eigenvalue weighted by Gasteiger charge is 2.45. The van der Waals surface area contributed by atoms with E-state index >= 15 is 0 Å². The summed E-state index contributed by atoms with van der Waals surface area (Å²) in [5.74, 6) is 0.249. The molecule has 2 aliphatic heterocycles. The monoisotopic (exact) mass is 496 g/mol. The third-order valence-corrected chi connectivity index (χ3v) is 8.85. The molecule has 0 radical (unpaired) electrons. The van der Waals surface area contributed by atoms with Crippen molar-refractivity contribution in [2.45, 2.75) is 36.1 Å². The summed E-state index contributed by atoms with van der Waals surface area (Å²) in [6, 6.07) is 7.56. The van der Waals surface area contributed by atoms with Crippen LogP contribution in [0.25, 0.3) is 0 Å². The average molecular weight is 497 g/mol. The highest BCUT2D eigenvalue weighted by Crippen LogP contribution is 2.35. The lowest BCUT2D eigenvalue weighted by Crippen LogP contribution is -2.40. The van der Waals surface area contributed by atoms with Crippen molar-refractivity contribution in [2.75, 3.05) is 51.4 Å². The zero-order chi connectivity index (χ0) is 23.6. The number of hydrogen-bond acceptors (Lipinski definition) is 8. The number of halogens is 1. The normalized spacial score (nSPS) is 22.0. The Kier molecular flexibility index (Phi) is 7.28. The second-order valence-corrected chi connectivity index (χ2v) is 10.9. The number of morpholine rings is 1. The Balaban J connectivity index is 1.61. The molecule has 0 amide bonds. The number of methoxy groups -OCH3 is 1. The molecule has 3 heterocycles. The van der Waals surface area contributed by atoms with Crippen molar-refractivity contribution in [2.24, 2.45) is 0 Å². The van der Waals surface area contributed by atoms with Crippen LogP contribution in [0.3, 0.4) is 0 Å². The van der Waals surface area contributed by atoms with Crippen molar-refractivity contribution >= 4 is 33.2 Å². The second-order valence-electron chi connectivity index (χ2n) is 8.35. The highest BCUT2D eigenvalue weighted by atomic mass is 35.5. The van der Waals surface area contributed by atoms with E-state index in [1.807, 2.05) is 22.6 Å². The summed E-state index contributed by atoms with van der Waals surface area (Å²) in [5, 5.41) is 3.99. The Morgan fingerprint density at radius 1 is 1.24 bits per heavy atom. The van der Waals surface area contributed by atoms with Crippen LogP contribution in [0.15, 0.2) is 35.2 Å². The molecule has 0 bridgehead atoms. The van der Waals surface area contributed by atoms with Crippen molar-refractivity contribution in [1.82, 2.24) is 14.7 Å². The Labute approximate surface area is 199 Å². The fourth-order valence-electron chi connectivity index (χ4n) is 4.48. The fraction of sp³-hybridized carbons (Fsp3) is 0.545. The summed E-state index contributed by atoms with van der Waals surface area (Å²) in [6.07, 6.45) is 0.119. The van der Waals surface area contributed by atoms with Crippen LogP contribution < -0.4 is 4.90 Å². The molecule has 2 fully saturated rings. The van der Waals surface area contributed by atoms with E-state index in [9.17, 15) is 13.2 Å². The third-order valence-electron chi connectivity index (χ3n) is 6.22. The molecule has 2 aliphatic rings.